The molecule has 0 aliphatic carbocycles. The van der Waals surface area contributed by atoms with Crippen molar-refractivity contribution in [3.05, 3.63) is 42.2 Å². The molecule has 0 spiro atoms. The Bertz CT molecular complexity index is 299. The summed E-state index contributed by atoms with van der Waals surface area (Å²) >= 11 is 5.61. The third kappa shape index (κ3) is 2.46. The van der Waals surface area contributed by atoms with Crippen molar-refractivity contribution in [3.63, 3.8) is 0 Å². The van der Waals surface area contributed by atoms with Gasteiger partial charge in [0.25, 0.3) is 0 Å². The van der Waals surface area contributed by atoms with Crippen molar-refractivity contribution in [1.29, 1.82) is 0 Å². The molecule has 1 rings (SSSR count). The highest BCUT2D eigenvalue weighted by atomic mass is 35.5. The highest BCUT2D eigenvalue weighted by molar-refractivity contribution is 6.17. The maximum atomic E-state index is 13.1. The average molecular weight is 201 g/mol. The standard InChI is InChI=1S/C10H10ClFO/c1-2-6-13-10-8(7-11)4-3-5-9(10)12/h2-5H,1,6-7H2. The largest absolute Gasteiger partial charge is 0.486 e. The molecule has 0 fully saturated rings. The Morgan fingerprint density at radius 1 is 1.54 bits per heavy atom. The van der Waals surface area contributed by atoms with E-state index >= 15 is 0 Å². The topological polar surface area (TPSA) is 9.23 Å². The minimum atomic E-state index is -0.389. The second kappa shape index (κ2) is 4.87. The Morgan fingerprint density at radius 3 is 2.92 bits per heavy atom. The van der Waals surface area contributed by atoms with Crippen LogP contribution >= 0.6 is 11.6 Å². The molecule has 3 heteroatoms. The first-order chi connectivity index (χ1) is 6.29. The van der Waals surface area contributed by atoms with Gasteiger partial charge in [-0.05, 0) is 6.07 Å². The zero-order valence-corrected chi connectivity index (χ0v) is 7.85. The summed E-state index contributed by atoms with van der Waals surface area (Å²) in [6, 6.07) is 4.68. The fourth-order valence-corrected chi connectivity index (χ4v) is 1.17. The number of alkyl halides is 1. The van der Waals surface area contributed by atoms with Crippen LogP contribution in [0.4, 0.5) is 4.39 Å². The van der Waals surface area contributed by atoms with Gasteiger partial charge in [-0.3, -0.25) is 0 Å². The van der Waals surface area contributed by atoms with Crippen LogP contribution in [0, 0.1) is 5.82 Å². The lowest BCUT2D eigenvalue weighted by Crippen LogP contribution is -1.98. The normalized spacial score (nSPS) is 9.69. The Balaban J connectivity index is 2.93. The second-order valence-corrected chi connectivity index (χ2v) is 2.73. The molecule has 13 heavy (non-hydrogen) atoms. The Kier molecular flexibility index (Phi) is 3.77. The molecule has 0 amide bonds. The molecule has 0 saturated heterocycles. The molecule has 0 unspecified atom stereocenters. The summed E-state index contributed by atoms with van der Waals surface area (Å²) in [5.74, 6) is 0.0712. The molecule has 0 aliphatic heterocycles. The Hall–Kier alpha value is -1.02. The molecule has 0 N–H and O–H groups in total. The lowest BCUT2D eigenvalue weighted by Gasteiger charge is -2.08. The number of halogens is 2. The molecular formula is C10H10ClFO. The van der Waals surface area contributed by atoms with Gasteiger partial charge in [0.2, 0.25) is 0 Å². The number of para-hydroxylation sites is 1. The summed E-state index contributed by atoms with van der Waals surface area (Å²) in [6.45, 7) is 3.76. The molecule has 0 heterocycles. The molecule has 1 nitrogen and oxygen atoms in total. The minimum absolute atomic E-state index is 0.220. The van der Waals surface area contributed by atoms with Crippen molar-refractivity contribution in [1.82, 2.24) is 0 Å². The van der Waals surface area contributed by atoms with Gasteiger partial charge in [-0.2, -0.15) is 0 Å². The molecule has 0 saturated carbocycles. The lowest BCUT2D eigenvalue weighted by atomic mass is 10.2. The maximum Gasteiger partial charge on any atom is 0.165 e. The maximum absolute atomic E-state index is 13.1. The summed E-state index contributed by atoms with van der Waals surface area (Å²) in [4.78, 5) is 0. The summed E-state index contributed by atoms with van der Waals surface area (Å²) in [6.07, 6.45) is 1.56. The minimum Gasteiger partial charge on any atom is -0.486 e. The first-order valence-electron chi connectivity index (χ1n) is 3.86. The number of hydrogen-bond acceptors (Lipinski definition) is 1. The lowest BCUT2D eigenvalue weighted by molar-refractivity contribution is 0.339. The number of rotatable bonds is 4. The van der Waals surface area contributed by atoms with Gasteiger partial charge in [0.1, 0.15) is 6.61 Å². The van der Waals surface area contributed by atoms with E-state index in [-0.39, 0.29) is 24.1 Å². The van der Waals surface area contributed by atoms with Gasteiger partial charge in [-0.15, -0.1) is 11.6 Å². The molecule has 0 atom stereocenters. The van der Waals surface area contributed by atoms with Crippen molar-refractivity contribution in [3.8, 4) is 5.75 Å². The Labute approximate surface area is 81.8 Å². The van der Waals surface area contributed by atoms with Gasteiger partial charge in [-0.1, -0.05) is 24.8 Å². The van der Waals surface area contributed by atoms with E-state index < -0.39 is 0 Å². The molecule has 0 aromatic heterocycles. The van der Waals surface area contributed by atoms with Gasteiger partial charge >= 0.3 is 0 Å². The summed E-state index contributed by atoms with van der Waals surface area (Å²) < 4.78 is 18.3. The average Bonchev–Trinajstić information content (AvgIpc) is 2.15. The van der Waals surface area contributed by atoms with E-state index in [9.17, 15) is 4.39 Å². The second-order valence-electron chi connectivity index (χ2n) is 2.46. The van der Waals surface area contributed by atoms with Crippen LogP contribution < -0.4 is 4.74 Å². The summed E-state index contributed by atoms with van der Waals surface area (Å²) in [5.41, 5.74) is 0.656. The smallest absolute Gasteiger partial charge is 0.165 e. The third-order valence-corrected chi connectivity index (χ3v) is 1.83. The van der Waals surface area contributed by atoms with Crippen LogP contribution in [-0.2, 0) is 5.88 Å². The highest BCUT2D eigenvalue weighted by Crippen LogP contribution is 2.23. The molecule has 0 aliphatic rings. The zero-order chi connectivity index (χ0) is 9.68. The van der Waals surface area contributed by atoms with Crippen LogP contribution in [0.2, 0.25) is 0 Å². The van der Waals surface area contributed by atoms with Crippen LogP contribution in [0.1, 0.15) is 5.56 Å². The highest BCUT2D eigenvalue weighted by Gasteiger charge is 2.07. The predicted molar refractivity (Wildman–Crippen MR) is 51.6 cm³/mol. The van der Waals surface area contributed by atoms with Crippen molar-refractivity contribution in [2.45, 2.75) is 5.88 Å². The van der Waals surface area contributed by atoms with E-state index in [1.54, 1.807) is 18.2 Å². The molecule has 0 radical (unpaired) electrons. The first kappa shape index (κ1) is 10.1. The summed E-state index contributed by atoms with van der Waals surface area (Å²) in [7, 11) is 0. The predicted octanol–water partition coefficient (Wildman–Crippen LogP) is 3.13. The number of ether oxygens (including phenoxy) is 1. The van der Waals surface area contributed by atoms with E-state index in [0.29, 0.717) is 5.56 Å². The fraction of sp³-hybridized carbons (Fsp3) is 0.200. The van der Waals surface area contributed by atoms with Crippen LogP contribution in [0.15, 0.2) is 30.9 Å². The van der Waals surface area contributed by atoms with Gasteiger partial charge in [0.05, 0.1) is 5.88 Å². The van der Waals surface area contributed by atoms with Crippen LogP contribution in [0.5, 0.6) is 5.75 Å². The monoisotopic (exact) mass is 200 g/mol. The molecule has 1 aromatic carbocycles. The molecule has 1 aromatic rings. The quantitative estimate of drug-likeness (QED) is 0.536. The van der Waals surface area contributed by atoms with Gasteiger partial charge < -0.3 is 4.74 Å². The van der Waals surface area contributed by atoms with Gasteiger partial charge in [-0.25, -0.2) is 4.39 Å². The summed E-state index contributed by atoms with van der Waals surface area (Å²) in [5, 5.41) is 0. The fourth-order valence-electron chi connectivity index (χ4n) is 0.963. The van der Waals surface area contributed by atoms with Crippen molar-refractivity contribution >= 4 is 11.6 Å². The number of benzene rings is 1. The first-order valence-corrected chi connectivity index (χ1v) is 4.40. The molecule has 70 valence electrons. The van der Waals surface area contributed by atoms with E-state index in [4.69, 9.17) is 16.3 Å². The van der Waals surface area contributed by atoms with E-state index in [1.165, 1.54) is 6.07 Å². The number of hydrogen-bond donors (Lipinski definition) is 0. The Morgan fingerprint density at radius 2 is 2.31 bits per heavy atom. The van der Waals surface area contributed by atoms with Crippen LogP contribution in [0.3, 0.4) is 0 Å². The van der Waals surface area contributed by atoms with E-state index in [1.807, 2.05) is 0 Å². The van der Waals surface area contributed by atoms with Crippen LogP contribution in [-0.4, -0.2) is 6.61 Å². The SMILES string of the molecule is C=CCOc1c(F)cccc1CCl. The van der Waals surface area contributed by atoms with Crippen molar-refractivity contribution in [2.75, 3.05) is 6.61 Å². The zero-order valence-electron chi connectivity index (χ0n) is 7.09. The van der Waals surface area contributed by atoms with E-state index in [0.717, 1.165) is 0 Å². The van der Waals surface area contributed by atoms with Crippen LogP contribution in [0.25, 0.3) is 0 Å². The third-order valence-electron chi connectivity index (χ3n) is 1.54. The van der Waals surface area contributed by atoms with Gasteiger partial charge in [0.15, 0.2) is 11.6 Å². The van der Waals surface area contributed by atoms with Gasteiger partial charge in [0, 0.05) is 5.56 Å². The van der Waals surface area contributed by atoms with E-state index in [2.05, 4.69) is 6.58 Å². The van der Waals surface area contributed by atoms with Crippen molar-refractivity contribution in [2.24, 2.45) is 0 Å². The molecular weight excluding hydrogens is 191 g/mol. The van der Waals surface area contributed by atoms with Crippen molar-refractivity contribution < 1.29 is 9.13 Å². The molecule has 0 bridgehead atoms.